The van der Waals surface area contributed by atoms with Gasteiger partial charge in [-0.05, 0) is 79.8 Å². The van der Waals surface area contributed by atoms with Gasteiger partial charge in [-0.2, -0.15) is 0 Å². The average molecular weight is 382 g/mol. The van der Waals surface area contributed by atoms with E-state index in [2.05, 4.69) is 47.6 Å². The largest absolute Gasteiger partial charge is 0.395 e. The number of imidazole rings is 1. The molecule has 4 nitrogen and oxygen atoms in total. The number of nitrogens with zero attached hydrogens (tertiary/aromatic N) is 3. The predicted molar refractivity (Wildman–Crippen MR) is 108 cm³/mol. The molecule has 5 heteroatoms. The van der Waals surface area contributed by atoms with Crippen LogP contribution in [-0.2, 0) is 6.54 Å². The molecule has 2 aliphatic heterocycles. The fraction of sp³-hybridized carbons (Fsp3) is 0.409. The second kappa shape index (κ2) is 6.33. The number of aryl methyl sites for hydroxylation is 2. The van der Waals surface area contributed by atoms with Crippen molar-refractivity contribution in [1.29, 1.82) is 0 Å². The van der Waals surface area contributed by atoms with Gasteiger partial charge in [-0.15, -0.1) is 0 Å². The Labute approximate surface area is 164 Å². The fourth-order valence-electron chi connectivity index (χ4n) is 4.77. The van der Waals surface area contributed by atoms with E-state index >= 15 is 0 Å². The van der Waals surface area contributed by atoms with Crippen molar-refractivity contribution < 1.29 is 5.11 Å². The lowest BCUT2D eigenvalue weighted by atomic mass is 9.94. The van der Waals surface area contributed by atoms with Gasteiger partial charge in [0.15, 0.2) is 0 Å². The maximum Gasteiger partial charge on any atom is 0.132 e. The summed E-state index contributed by atoms with van der Waals surface area (Å²) in [5.41, 5.74) is 7.33. The van der Waals surface area contributed by atoms with Crippen LogP contribution in [0.2, 0.25) is 5.02 Å². The summed E-state index contributed by atoms with van der Waals surface area (Å²) in [4.78, 5) is 7.50. The molecule has 0 spiro atoms. The van der Waals surface area contributed by atoms with Crippen molar-refractivity contribution in [1.82, 2.24) is 14.5 Å². The van der Waals surface area contributed by atoms with E-state index in [0.29, 0.717) is 0 Å². The molecule has 27 heavy (non-hydrogen) atoms. The minimum atomic E-state index is 0.0418. The van der Waals surface area contributed by atoms with Gasteiger partial charge in [0.25, 0.3) is 0 Å². The standard InChI is InChI=1S/C22H24ClN3O/c1-13-8-19-20(9-14(13)2)26-11-15-5-6-16(23)10-18(15)21(22(26)24-19)25-7-3-4-17(25)12-27/h5-6,8-10,17,21,27H,3-4,7,11-12H2,1-2H3/t17-,21+/m0/s1. The molecular weight excluding hydrogens is 358 g/mol. The van der Waals surface area contributed by atoms with E-state index in [1.807, 2.05) is 6.07 Å². The molecule has 0 amide bonds. The molecule has 0 saturated carbocycles. The third-order valence-corrected chi connectivity index (χ3v) is 6.57. The van der Waals surface area contributed by atoms with Gasteiger partial charge >= 0.3 is 0 Å². The van der Waals surface area contributed by atoms with Crippen LogP contribution >= 0.6 is 11.6 Å². The van der Waals surface area contributed by atoms with E-state index < -0.39 is 0 Å². The second-order valence-corrected chi connectivity index (χ2v) is 8.38. The molecule has 0 radical (unpaired) electrons. The smallest absolute Gasteiger partial charge is 0.132 e. The summed E-state index contributed by atoms with van der Waals surface area (Å²) in [6.45, 7) is 6.27. The topological polar surface area (TPSA) is 41.3 Å². The Morgan fingerprint density at radius 3 is 2.81 bits per heavy atom. The monoisotopic (exact) mass is 381 g/mol. The van der Waals surface area contributed by atoms with E-state index in [0.717, 1.165) is 42.3 Å². The van der Waals surface area contributed by atoms with Gasteiger partial charge < -0.3 is 9.67 Å². The van der Waals surface area contributed by atoms with E-state index in [1.54, 1.807) is 0 Å². The fourth-order valence-corrected chi connectivity index (χ4v) is 4.95. The molecule has 3 aromatic rings. The van der Waals surface area contributed by atoms with Gasteiger partial charge in [-0.3, -0.25) is 4.90 Å². The van der Waals surface area contributed by atoms with E-state index in [9.17, 15) is 5.11 Å². The van der Waals surface area contributed by atoms with E-state index in [-0.39, 0.29) is 18.7 Å². The molecule has 0 bridgehead atoms. The molecule has 3 heterocycles. The predicted octanol–water partition coefficient (Wildman–Crippen LogP) is 4.21. The molecule has 2 aromatic carbocycles. The highest BCUT2D eigenvalue weighted by molar-refractivity contribution is 6.30. The zero-order chi connectivity index (χ0) is 18.7. The highest BCUT2D eigenvalue weighted by atomic mass is 35.5. The molecule has 2 atom stereocenters. The van der Waals surface area contributed by atoms with Crippen molar-refractivity contribution in [2.75, 3.05) is 13.2 Å². The van der Waals surface area contributed by atoms with Crippen molar-refractivity contribution in [2.24, 2.45) is 0 Å². The second-order valence-electron chi connectivity index (χ2n) is 7.94. The molecular formula is C22H24ClN3O. The first-order valence-corrected chi connectivity index (χ1v) is 10.1. The van der Waals surface area contributed by atoms with Crippen molar-refractivity contribution in [3.05, 3.63) is 63.4 Å². The molecule has 2 aliphatic rings. The Morgan fingerprint density at radius 2 is 2.00 bits per heavy atom. The van der Waals surface area contributed by atoms with Crippen molar-refractivity contribution in [3.63, 3.8) is 0 Å². The number of aromatic nitrogens is 2. The maximum atomic E-state index is 9.94. The molecule has 1 aromatic heterocycles. The number of hydrogen-bond donors (Lipinski definition) is 1. The van der Waals surface area contributed by atoms with Crippen LogP contribution in [0.25, 0.3) is 11.0 Å². The minimum Gasteiger partial charge on any atom is -0.395 e. The Hall–Kier alpha value is -1.88. The summed E-state index contributed by atoms with van der Waals surface area (Å²) in [7, 11) is 0. The van der Waals surface area contributed by atoms with Gasteiger partial charge in [0.1, 0.15) is 5.82 Å². The third-order valence-electron chi connectivity index (χ3n) is 6.33. The number of fused-ring (bicyclic) bond motifs is 4. The lowest BCUT2D eigenvalue weighted by Gasteiger charge is -2.36. The highest BCUT2D eigenvalue weighted by Crippen LogP contribution is 2.41. The summed E-state index contributed by atoms with van der Waals surface area (Å²) in [5.74, 6) is 1.07. The Kier molecular flexibility index (Phi) is 4.04. The molecule has 1 N–H and O–H groups in total. The maximum absolute atomic E-state index is 9.94. The molecule has 140 valence electrons. The van der Waals surface area contributed by atoms with Crippen LogP contribution in [0.15, 0.2) is 30.3 Å². The van der Waals surface area contributed by atoms with Gasteiger partial charge in [0, 0.05) is 17.6 Å². The lowest BCUT2D eigenvalue weighted by Crippen LogP contribution is -2.39. The molecule has 0 unspecified atom stereocenters. The number of hydrogen-bond acceptors (Lipinski definition) is 3. The summed E-state index contributed by atoms with van der Waals surface area (Å²) >= 11 is 6.37. The number of aliphatic hydroxyl groups is 1. The van der Waals surface area contributed by atoms with Crippen LogP contribution in [0.5, 0.6) is 0 Å². The minimum absolute atomic E-state index is 0.0418. The van der Waals surface area contributed by atoms with Gasteiger partial charge in [-0.1, -0.05) is 17.7 Å². The highest BCUT2D eigenvalue weighted by Gasteiger charge is 2.38. The summed E-state index contributed by atoms with van der Waals surface area (Å²) in [6.07, 6.45) is 2.14. The normalized spacial score (nSPS) is 22.2. The van der Waals surface area contributed by atoms with Crippen LogP contribution < -0.4 is 0 Å². The summed E-state index contributed by atoms with van der Waals surface area (Å²) in [5, 5.41) is 10.7. The van der Waals surface area contributed by atoms with Crippen LogP contribution in [0.4, 0.5) is 0 Å². The number of rotatable bonds is 2. The zero-order valence-electron chi connectivity index (χ0n) is 15.7. The SMILES string of the molecule is Cc1cc2nc3n(c2cc1C)Cc1ccc(Cl)cc1[C@H]3N1CCC[C@H]1CO. The molecule has 5 rings (SSSR count). The summed E-state index contributed by atoms with van der Waals surface area (Å²) in [6, 6.07) is 10.9. The average Bonchev–Trinajstić information content (AvgIpc) is 3.25. The Morgan fingerprint density at radius 1 is 1.19 bits per heavy atom. The van der Waals surface area contributed by atoms with Gasteiger partial charge in [0.05, 0.1) is 23.7 Å². The first-order valence-electron chi connectivity index (χ1n) is 9.69. The van der Waals surface area contributed by atoms with Gasteiger partial charge in [-0.25, -0.2) is 4.98 Å². The Bertz CT molecular complexity index is 1040. The molecule has 0 aliphatic carbocycles. The quantitative estimate of drug-likeness (QED) is 0.722. The van der Waals surface area contributed by atoms with Crippen molar-refractivity contribution in [2.45, 2.75) is 45.3 Å². The third kappa shape index (κ3) is 2.62. The van der Waals surface area contributed by atoms with Gasteiger partial charge in [0.2, 0.25) is 0 Å². The van der Waals surface area contributed by atoms with Crippen molar-refractivity contribution >= 4 is 22.6 Å². The summed E-state index contributed by atoms with van der Waals surface area (Å²) < 4.78 is 2.36. The van der Waals surface area contributed by atoms with Crippen LogP contribution in [0.1, 0.15) is 47.0 Å². The number of aliphatic hydroxyl groups excluding tert-OH is 1. The number of halogens is 1. The number of likely N-dealkylation sites (tertiary alicyclic amines) is 1. The molecule has 1 saturated heterocycles. The number of benzene rings is 2. The molecule has 1 fully saturated rings. The first-order chi connectivity index (χ1) is 13.1. The van der Waals surface area contributed by atoms with E-state index in [4.69, 9.17) is 16.6 Å². The van der Waals surface area contributed by atoms with E-state index in [1.165, 1.54) is 27.8 Å². The van der Waals surface area contributed by atoms with Crippen LogP contribution in [-0.4, -0.2) is 38.8 Å². The Balaban J connectivity index is 1.76. The first kappa shape index (κ1) is 17.2. The zero-order valence-corrected chi connectivity index (χ0v) is 16.5. The van der Waals surface area contributed by atoms with Crippen molar-refractivity contribution in [3.8, 4) is 0 Å². The van der Waals surface area contributed by atoms with Crippen LogP contribution in [0.3, 0.4) is 0 Å². The van der Waals surface area contributed by atoms with Crippen LogP contribution in [0, 0.1) is 13.8 Å². The lowest BCUT2D eigenvalue weighted by molar-refractivity contribution is 0.127.